The maximum Gasteiger partial charge on any atom is 0.317 e. The lowest BCUT2D eigenvalue weighted by Crippen LogP contribution is -2.35. The summed E-state index contributed by atoms with van der Waals surface area (Å²) in [6.07, 6.45) is 0.963. The van der Waals surface area contributed by atoms with Crippen LogP contribution in [0.5, 0.6) is 5.75 Å². The first kappa shape index (κ1) is 43.2. The molecule has 2 aromatic heterocycles. The Kier molecular flexibility index (Phi) is 13.8. The number of phenolic OH excluding ortho intramolecular Hbond substituents is 1. The van der Waals surface area contributed by atoms with E-state index >= 15 is 4.39 Å². The Morgan fingerprint density at radius 1 is 0.841 bits per heavy atom. The Hall–Kier alpha value is -6.44. The molecule has 8 rings (SSSR count). The molecule has 10 nitrogen and oxygen atoms in total. The van der Waals surface area contributed by atoms with Crippen LogP contribution in [-0.4, -0.2) is 58.2 Å². The molecule has 7 aromatic rings. The van der Waals surface area contributed by atoms with Crippen LogP contribution in [0.3, 0.4) is 0 Å². The van der Waals surface area contributed by atoms with Gasteiger partial charge in [0, 0.05) is 52.0 Å². The van der Waals surface area contributed by atoms with Crippen molar-refractivity contribution in [1.29, 1.82) is 0 Å². The number of aliphatic hydroxyl groups is 1. The summed E-state index contributed by atoms with van der Waals surface area (Å²) in [6, 6.07) is 42.3. The number of halogens is 1. The quantitative estimate of drug-likeness (QED) is 0.0610. The third-order valence-electron chi connectivity index (χ3n) is 11.6. The molecule has 0 aliphatic carbocycles. The maximum atomic E-state index is 15.2. The number of H-pyrrole nitrogens is 1. The number of aromatic hydroxyl groups is 1. The van der Waals surface area contributed by atoms with E-state index in [-0.39, 0.29) is 48.0 Å². The van der Waals surface area contributed by atoms with Gasteiger partial charge in [-0.1, -0.05) is 91.0 Å². The predicted molar refractivity (Wildman–Crippen MR) is 244 cm³/mol. The van der Waals surface area contributed by atoms with Gasteiger partial charge in [-0.15, -0.1) is 11.3 Å². The van der Waals surface area contributed by atoms with Crippen LogP contribution < -0.4 is 16.2 Å². The van der Waals surface area contributed by atoms with Crippen molar-refractivity contribution < 1.29 is 28.9 Å². The maximum absolute atomic E-state index is 15.2. The molecule has 2 atom stereocenters. The Morgan fingerprint density at radius 2 is 1.60 bits per heavy atom. The number of phenols is 1. The molecule has 0 radical (unpaired) electrons. The first-order chi connectivity index (χ1) is 30.7. The number of amides is 1. The highest BCUT2D eigenvalue weighted by molar-refractivity contribution is 7.15. The van der Waals surface area contributed by atoms with Crippen molar-refractivity contribution in [2.24, 2.45) is 5.92 Å². The van der Waals surface area contributed by atoms with Crippen molar-refractivity contribution >= 4 is 34.1 Å². The third-order valence-corrected chi connectivity index (χ3v) is 12.7. The number of aliphatic hydroxyl groups excluding tert-OH is 1. The van der Waals surface area contributed by atoms with Gasteiger partial charge in [-0.3, -0.25) is 19.3 Å². The zero-order valence-corrected chi connectivity index (χ0v) is 35.5. The number of aromatic amines is 1. The minimum atomic E-state index is -1.00. The van der Waals surface area contributed by atoms with Gasteiger partial charge in [0.05, 0.1) is 24.8 Å². The number of pyridine rings is 1. The fourth-order valence-corrected chi connectivity index (χ4v) is 9.09. The number of carbonyl (C=O) groups excluding carboxylic acids is 2. The van der Waals surface area contributed by atoms with Gasteiger partial charge in [0.15, 0.2) is 0 Å². The van der Waals surface area contributed by atoms with Crippen molar-refractivity contribution in [1.82, 2.24) is 20.5 Å². The van der Waals surface area contributed by atoms with E-state index < -0.39 is 23.7 Å². The number of carbonyl (C=O) groups is 2. The van der Waals surface area contributed by atoms with Crippen LogP contribution in [0.4, 0.5) is 4.39 Å². The average molecular weight is 865 g/mol. The van der Waals surface area contributed by atoms with Gasteiger partial charge >= 0.3 is 5.97 Å². The molecule has 0 spiro atoms. The van der Waals surface area contributed by atoms with Crippen LogP contribution in [-0.2, 0) is 29.2 Å². The standard InChI is InChI=1S/C51H49FN4O6S/c52-43-27-38(14-15-39(43)28-53-30-45(58)41-17-19-44(57)49-42(41)18-21-47(59)55-49)50(60)54-29-40-16-20-46(63-40)36-12-7-13-37(26-36)48(35-10-5-2-6-11-35)51(61)62-32-34-22-24-56(25-23-34)31-33-8-3-1-4-9-33/h1-21,26-27,34,45,48,53,57-58H,22-25,28-32H2,(H,54,60)(H,55,59)/t45-,48?/m0/s1. The number of hydrogen-bond donors (Lipinski definition) is 5. The molecule has 0 saturated carbocycles. The van der Waals surface area contributed by atoms with Gasteiger partial charge in [0.1, 0.15) is 17.5 Å². The average Bonchev–Trinajstić information content (AvgIpc) is 3.79. The van der Waals surface area contributed by atoms with Crippen molar-refractivity contribution in [3.05, 3.63) is 194 Å². The number of likely N-dealkylation sites (tertiary alicyclic amines) is 1. The SMILES string of the molecule is O=C(NCc1ccc(-c2cccc(C(C(=O)OCC3CCN(Cc4ccccc4)CC3)c3ccccc3)c2)s1)c1ccc(CNC[C@H](O)c2ccc(O)c3[nH]c(=O)ccc23)c(F)c1. The van der Waals surface area contributed by atoms with E-state index in [1.54, 1.807) is 12.1 Å². The second kappa shape index (κ2) is 20.2. The van der Waals surface area contributed by atoms with Gasteiger partial charge < -0.3 is 30.6 Å². The van der Waals surface area contributed by atoms with Crippen molar-refractivity contribution in [3.8, 4) is 16.2 Å². The normalized spacial score (nSPS) is 14.3. The number of nitrogens with one attached hydrogen (secondary N) is 3. The van der Waals surface area contributed by atoms with Crippen LogP contribution in [0.2, 0.25) is 0 Å². The number of ether oxygens (including phenoxy) is 1. The minimum Gasteiger partial charge on any atom is -0.506 e. The number of aromatic nitrogens is 1. The Bertz CT molecular complexity index is 2730. The van der Waals surface area contributed by atoms with Crippen molar-refractivity contribution in [2.45, 2.75) is 44.5 Å². The lowest BCUT2D eigenvalue weighted by Gasteiger charge is -2.32. The number of hydrogen-bond acceptors (Lipinski definition) is 9. The second-order valence-electron chi connectivity index (χ2n) is 16.0. The predicted octanol–water partition coefficient (Wildman–Crippen LogP) is 8.44. The Morgan fingerprint density at radius 3 is 2.38 bits per heavy atom. The fraction of sp³-hybridized carbons (Fsp3) is 0.235. The molecule has 1 aliphatic heterocycles. The summed E-state index contributed by atoms with van der Waals surface area (Å²) in [6.45, 7) is 3.69. The lowest BCUT2D eigenvalue weighted by atomic mass is 9.90. The molecule has 1 saturated heterocycles. The molecular formula is C51H49FN4O6S. The van der Waals surface area contributed by atoms with Crippen LogP contribution in [0, 0.1) is 11.7 Å². The summed E-state index contributed by atoms with van der Waals surface area (Å²) >= 11 is 1.53. The number of nitrogens with zero attached hydrogens (tertiary/aromatic N) is 1. The molecule has 1 aliphatic rings. The number of rotatable bonds is 16. The monoisotopic (exact) mass is 864 g/mol. The number of benzene rings is 5. The highest BCUT2D eigenvalue weighted by Gasteiger charge is 2.27. The molecule has 322 valence electrons. The van der Waals surface area contributed by atoms with Crippen molar-refractivity contribution in [3.63, 3.8) is 0 Å². The first-order valence-corrected chi connectivity index (χ1v) is 22.0. The summed E-state index contributed by atoms with van der Waals surface area (Å²) in [5.41, 5.74) is 4.81. The topological polar surface area (TPSA) is 144 Å². The smallest absolute Gasteiger partial charge is 0.317 e. The number of esters is 1. The van der Waals surface area contributed by atoms with E-state index in [1.165, 1.54) is 47.2 Å². The van der Waals surface area contributed by atoms with E-state index in [0.717, 1.165) is 58.9 Å². The summed E-state index contributed by atoms with van der Waals surface area (Å²) in [4.78, 5) is 45.7. The van der Waals surface area contributed by atoms with Gasteiger partial charge in [-0.25, -0.2) is 4.39 Å². The molecule has 5 N–H and O–H groups in total. The van der Waals surface area contributed by atoms with Gasteiger partial charge in [0.2, 0.25) is 5.56 Å². The van der Waals surface area contributed by atoms with Crippen LogP contribution in [0.1, 0.15) is 67.9 Å². The van der Waals surface area contributed by atoms with Crippen LogP contribution in [0.15, 0.2) is 144 Å². The second-order valence-corrected chi connectivity index (χ2v) is 17.2. The Labute approximate surface area is 369 Å². The van der Waals surface area contributed by atoms with E-state index in [1.807, 2.05) is 72.8 Å². The molecule has 63 heavy (non-hydrogen) atoms. The minimum absolute atomic E-state index is 0.0733. The molecule has 1 fully saturated rings. The first-order valence-electron chi connectivity index (χ1n) is 21.2. The van der Waals surface area contributed by atoms with Crippen molar-refractivity contribution in [2.75, 3.05) is 26.2 Å². The lowest BCUT2D eigenvalue weighted by molar-refractivity contribution is -0.146. The zero-order valence-electron chi connectivity index (χ0n) is 34.6. The largest absolute Gasteiger partial charge is 0.506 e. The zero-order chi connectivity index (χ0) is 43.7. The summed E-state index contributed by atoms with van der Waals surface area (Å²) in [7, 11) is 0. The van der Waals surface area contributed by atoms with E-state index in [0.29, 0.717) is 29.0 Å². The van der Waals surface area contributed by atoms with Crippen LogP contribution in [0.25, 0.3) is 21.3 Å². The number of piperidine rings is 1. The Balaban J connectivity index is 0.845. The van der Waals surface area contributed by atoms with Crippen LogP contribution >= 0.6 is 11.3 Å². The summed E-state index contributed by atoms with van der Waals surface area (Å²) < 4.78 is 21.3. The molecule has 1 unspecified atom stereocenters. The van der Waals surface area contributed by atoms with Gasteiger partial charge in [-0.05, 0) is 102 Å². The summed E-state index contributed by atoms with van der Waals surface area (Å²) in [5.74, 6) is -1.62. The van der Waals surface area contributed by atoms with E-state index in [9.17, 15) is 24.6 Å². The highest BCUT2D eigenvalue weighted by atomic mass is 32.1. The fourth-order valence-electron chi connectivity index (χ4n) is 8.15. The van der Waals surface area contributed by atoms with E-state index in [2.05, 4.69) is 44.8 Å². The summed E-state index contributed by atoms with van der Waals surface area (Å²) in [5, 5.41) is 27.4. The molecule has 1 amide bonds. The van der Waals surface area contributed by atoms with Gasteiger partial charge in [0.25, 0.3) is 5.91 Å². The third kappa shape index (κ3) is 10.8. The van der Waals surface area contributed by atoms with Gasteiger partial charge in [-0.2, -0.15) is 0 Å². The molecular weight excluding hydrogens is 816 g/mol. The molecule has 12 heteroatoms. The molecule has 3 heterocycles. The highest BCUT2D eigenvalue weighted by Crippen LogP contribution is 2.34. The molecule has 5 aromatic carbocycles. The number of fused-ring (bicyclic) bond motifs is 1. The number of thiophene rings is 1. The molecule has 0 bridgehead atoms. The van der Waals surface area contributed by atoms with E-state index in [4.69, 9.17) is 4.74 Å².